The number of carbonyl (C=O) groups is 1. The maximum absolute atomic E-state index is 13.2. The van der Waals surface area contributed by atoms with E-state index in [0.717, 1.165) is 23.6 Å². The summed E-state index contributed by atoms with van der Waals surface area (Å²) in [6.07, 6.45) is 3.24. The van der Waals surface area contributed by atoms with Gasteiger partial charge in [-0.3, -0.25) is 10.0 Å². The van der Waals surface area contributed by atoms with Crippen LogP contribution in [0, 0.1) is 11.3 Å². The summed E-state index contributed by atoms with van der Waals surface area (Å²) >= 11 is 0. The fourth-order valence-electron chi connectivity index (χ4n) is 4.21. The van der Waals surface area contributed by atoms with Gasteiger partial charge in [0.2, 0.25) is 10.0 Å². The van der Waals surface area contributed by atoms with Gasteiger partial charge >= 0.3 is 0 Å². The van der Waals surface area contributed by atoms with Crippen LogP contribution >= 0.6 is 0 Å². The van der Waals surface area contributed by atoms with Crippen LogP contribution in [0.2, 0.25) is 0 Å². The number of rotatable bonds is 7. The molecule has 0 radical (unpaired) electrons. The first-order valence-electron chi connectivity index (χ1n) is 10.9. The first-order chi connectivity index (χ1) is 15.9. The summed E-state index contributed by atoms with van der Waals surface area (Å²) in [4.78, 5) is 13.2. The quantitative estimate of drug-likeness (QED) is 0.409. The summed E-state index contributed by atoms with van der Waals surface area (Å²) in [6.45, 7) is 0. The molecule has 1 amide bonds. The van der Waals surface area contributed by atoms with Crippen molar-refractivity contribution in [2.75, 3.05) is 0 Å². The monoisotopic (exact) mass is 463 g/mol. The van der Waals surface area contributed by atoms with Crippen LogP contribution in [0.1, 0.15) is 36.8 Å². The summed E-state index contributed by atoms with van der Waals surface area (Å²) in [5.74, 6) is -0.685. The van der Waals surface area contributed by atoms with E-state index in [-0.39, 0.29) is 17.4 Å². The Kier molecular flexibility index (Phi) is 6.75. The molecule has 33 heavy (non-hydrogen) atoms. The predicted molar refractivity (Wildman–Crippen MR) is 124 cm³/mol. The number of fused-ring (bicyclic) bond motifs is 1. The summed E-state index contributed by atoms with van der Waals surface area (Å²) in [5, 5.41) is 21.9. The SMILES string of the molecule is N#Cc1ccc(C[C@H](NS(=O)(=O)c2ccc3ccccc3c2)C(=O)N(O)C2CCCC2)cc1. The summed E-state index contributed by atoms with van der Waals surface area (Å²) in [6, 6.07) is 19.3. The van der Waals surface area contributed by atoms with Crippen LogP contribution in [0.4, 0.5) is 0 Å². The average Bonchev–Trinajstić information content (AvgIpc) is 3.38. The molecule has 1 saturated carbocycles. The summed E-state index contributed by atoms with van der Waals surface area (Å²) in [5.41, 5.74) is 1.14. The predicted octanol–water partition coefficient (Wildman–Crippen LogP) is 3.76. The summed E-state index contributed by atoms with van der Waals surface area (Å²) in [7, 11) is -4.05. The molecule has 2 N–H and O–H groups in total. The number of sulfonamides is 1. The fourth-order valence-corrected chi connectivity index (χ4v) is 5.43. The molecule has 3 aromatic carbocycles. The molecule has 0 heterocycles. The van der Waals surface area contributed by atoms with Gasteiger partial charge in [0.25, 0.3) is 5.91 Å². The molecule has 0 bridgehead atoms. The van der Waals surface area contributed by atoms with E-state index in [1.54, 1.807) is 36.4 Å². The molecule has 1 atom stereocenters. The van der Waals surface area contributed by atoms with Gasteiger partial charge in [0.05, 0.1) is 22.6 Å². The normalized spacial score (nSPS) is 15.3. The van der Waals surface area contributed by atoms with Crippen molar-refractivity contribution in [3.63, 3.8) is 0 Å². The van der Waals surface area contributed by atoms with Gasteiger partial charge in [-0.25, -0.2) is 13.5 Å². The maximum atomic E-state index is 13.2. The smallest absolute Gasteiger partial charge is 0.264 e. The third-order valence-electron chi connectivity index (χ3n) is 6.05. The van der Waals surface area contributed by atoms with Crippen LogP contribution in [0.3, 0.4) is 0 Å². The van der Waals surface area contributed by atoms with Gasteiger partial charge in [-0.1, -0.05) is 55.3 Å². The number of amides is 1. The highest BCUT2D eigenvalue weighted by Gasteiger charge is 2.33. The number of nitrogens with zero attached hydrogens (tertiary/aromatic N) is 2. The van der Waals surface area contributed by atoms with Crippen molar-refractivity contribution >= 4 is 26.7 Å². The molecule has 8 heteroatoms. The number of hydrogen-bond acceptors (Lipinski definition) is 5. The van der Waals surface area contributed by atoms with Crippen molar-refractivity contribution in [1.29, 1.82) is 5.26 Å². The lowest BCUT2D eigenvalue weighted by atomic mass is 10.0. The van der Waals surface area contributed by atoms with Gasteiger partial charge < -0.3 is 0 Å². The summed E-state index contributed by atoms with van der Waals surface area (Å²) < 4.78 is 28.9. The molecule has 0 aromatic heterocycles. The van der Waals surface area contributed by atoms with Crippen molar-refractivity contribution < 1.29 is 18.4 Å². The number of benzene rings is 3. The van der Waals surface area contributed by atoms with Gasteiger partial charge in [-0.2, -0.15) is 9.98 Å². The van der Waals surface area contributed by atoms with E-state index in [0.29, 0.717) is 29.0 Å². The minimum Gasteiger partial charge on any atom is -0.286 e. The first kappa shape index (κ1) is 22.9. The van der Waals surface area contributed by atoms with E-state index in [9.17, 15) is 18.4 Å². The largest absolute Gasteiger partial charge is 0.286 e. The molecule has 7 nitrogen and oxygen atoms in total. The molecule has 1 fully saturated rings. The van der Waals surface area contributed by atoms with E-state index in [1.807, 2.05) is 30.3 Å². The third-order valence-corrected chi connectivity index (χ3v) is 7.52. The highest BCUT2D eigenvalue weighted by atomic mass is 32.2. The molecule has 0 unspecified atom stereocenters. The molecular weight excluding hydrogens is 438 g/mol. The van der Waals surface area contributed by atoms with Gasteiger partial charge in [-0.15, -0.1) is 0 Å². The minimum atomic E-state index is -4.05. The molecular formula is C25H25N3O4S. The lowest BCUT2D eigenvalue weighted by Crippen LogP contribution is -2.51. The van der Waals surface area contributed by atoms with Crippen molar-refractivity contribution in [3.8, 4) is 6.07 Å². The molecule has 1 aliphatic carbocycles. The van der Waals surface area contributed by atoms with Gasteiger partial charge in [0.15, 0.2) is 0 Å². The molecule has 0 aliphatic heterocycles. The van der Waals surface area contributed by atoms with Gasteiger partial charge in [0.1, 0.15) is 6.04 Å². The topological polar surface area (TPSA) is 110 Å². The Labute approximate surface area is 193 Å². The van der Waals surface area contributed by atoms with Crippen LogP contribution in [0.15, 0.2) is 71.6 Å². The second-order valence-corrected chi connectivity index (χ2v) is 10.0. The zero-order valence-corrected chi connectivity index (χ0v) is 18.8. The van der Waals surface area contributed by atoms with Crippen LogP contribution in [-0.4, -0.2) is 36.7 Å². The van der Waals surface area contributed by atoms with E-state index in [2.05, 4.69) is 4.72 Å². The number of carbonyl (C=O) groups excluding carboxylic acids is 1. The number of nitrogens with one attached hydrogen (secondary N) is 1. The fraction of sp³-hybridized carbons (Fsp3) is 0.280. The average molecular weight is 464 g/mol. The van der Waals surface area contributed by atoms with Crippen molar-refractivity contribution in [2.24, 2.45) is 0 Å². The number of hydrogen-bond donors (Lipinski definition) is 2. The second-order valence-electron chi connectivity index (χ2n) is 8.32. The van der Waals surface area contributed by atoms with Crippen LogP contribution in [0.5, 0.6) is 0 Å². The maximum Gasteiger partial charge on any atom is 0.264 e. The third kappa shape index (κ3) is 5.22. The number of hydroxylamine groups is 2. The van der Waals surface area contributed by atoms with Crippen molar-refractivity contribution in [3.05, 3.63) is 77.9 Å². The zero-order valence-electron chi connectivity index (χ0n) is 18.0. The van der Waals surface area contributed by atoms with E-state index < -0.39 is 22.0 Å². The van der Waals surface area contributed by atoms with Crippen molar-refractivity contribution in [2.45, 2.75) is 49.1 Å². The second kappa shape index (κ2) is 9.71. The van der Waals surface area contributed by atoms with Crippen LogP contribution < -0.4 is 4.72 Å². The van der Waals surface area contributed by atoms with E-state index in [1.165, 1.54) is 6.07 Å². The van der Waals surface area contributed by atoms with Crippen LogP contribution in [0.25, 0.3) is 10.8 Å². The molecule has 1 aliphatic rings. The standard InChI is InChI=1S/C25H25N3O4S/c26-17-19-11-9-18(10-12-19)15-24(25(29)28(30)22-7-3-4-8-22)27-33(31,32)23-14-13-20-5-1-2-6-21(20)16-23/h1-2,5-6,9-14,16,22,24,27,30H,3-4,7-8,15H2/t24-/m0/s1. The van der Waals surface area contributed by atoms with Crippen LogP contribution in [-0.2, 0) is 21.2 Å². The number of nitriles is 1. The van der Waals surface area contributed by atoms with Crippen molar-refractivity contribution in [1.82, 2.24) is 9.79 Å². The lowest BCUT2D eigenvalue weighted by molar-refractivity contribution is -0.177. The Morgan fingerprint density at radius 1 is 1.06 bits per heavy atom. The molecule has 0 spiro atoms. The molecule has 3 aromatic rings. The Bertz CT molecular complexity index is 1290. The van der Waals surface area contributed by atoms with E-state index in [4.69, 9.17) is 5.26 Å². The Balaban J connectivity index is 1.63. The minimum absolute atomic E-state index is 0.0428. The lowest BCUT2D eigenvalue weighted by Gasteiger charge is -2.27. The van der Waals surface area contributed by atoms with Gasteiger partial charge in [0, 0.05) is 0 Å². The van der Waals surface area contributed by atoms with Gasteiger partial charge in [-0.05, 0) is 59.9 Å². The van der Waals surface area contributed by atoms with E-state index >= 15 is 0 Å². The highest BCUT2D eigenvalue weighted by molar-refractivity contribution is 7.89. The molecule has 170 valence electrons. The molecule has 4 rings (SSSR count). The Morgan fingerprint density at radius 2 is 1.73 bits per heavy atom. The molecule has 0 saturated heterocycles. The highest BCUT2D eigenvalue weighted by Crippen LogP contribution is 2.24. The first-order valence-corrected chi connectivity index (χ1v) is 12.4. The zero-order chi connectivity index (χ0) is 23.4. The Morgan fingerprint density at radius 3 is 2.39 bits per heavy atom. The Hall–Kier alpha value is -3.25.